The molecule has 1 N–H and O–H groups in total. The minimum atomic E-state index is -0.668. The van der Waals surface area contributed by atoms with Gasteiger partial charge in [-0.3, -0.25) is 4.98 Å². The quantitative estimate of drug-likeness (QED) is 0.768. The maximum absolute atomic E-state index is 11.0. The third-order valence-electron chi connectivity index (χ3n) is 4.69. The average Bonchev–Trinajstić information content (AvgIpc) is 2.52. The Kier molecular flexibility index (Phi) is 4.00. The van der Waals surface area contributed by atoms with Crippen molar-refractivity contribution >= 4 is 0 Å². The normalized spacial score (nSPS) is 29.0. The summed E-state index contributed by atoms with van der Waals surface area (Å²) in [6.07, 6.45) is 8.85. The van der Waals surface area contributed by atoms with E-state index in [1.165, 1.54) is 6.42 Å². The minimum Gasteiger partial charge on any atom is -0.385 e. The zero-order valence-electron chi connectivity index (χ0n) is 12.7. The van der Waals surface area contributed by atoms with E-state index < -0.39 is 5.60 Å². The molecule has 0 radical (unpaired) electrons. The molecule has 0 bridgehead atoms. The third-order valence-corrected chi connectivity index (χ3v) is 4.69. The lowest BCUT2D eigenvalue weighted by molar-refractivity contribution is 0.0176. The van der Waals surface area contributed by atoms with Crippen LogP contribution in [0, 0.1) is 18.3 Å². The first-order chi connectivity index (χ1) is 8.81. The van der Waals surface area contributed by atoms with Crippen LogP contribution in [-0.2, 0) is 5.60 Å². The molecule has 1 aliphatic carbocycles. The lowest BCUT2D eigenvalue weighted by Crippen LogP contribution is -2.26. The summed E-state index contributed by atoms with van der Waals surface area (Å²) in [7, 11) is 0. The Labute approximate surface area is 117 Å². The molecule has 0 amide bonds. The highest BCUT2D eigenvalue weighted by Crippen LogP contribution is 2.43. The second-order valence-corrected chi connectivity index (χ2v) is 7.28. The van der Waals surface area contributed by atoms with Crippen molar-refractivity contribution in [2.45, 2.75) is 65.4 Å². The third kappa shape index (κ3) is 3.36. The number of aryl methyl sites for hydroxylation is 1. The van der Waals surface area contributed by atoms with Gasteiger partial charge < -0.3 is 5.11 Å². The summed E-state index contributed by atoms with van der Waals surface area (Å²) in [5.74, 6) is 0.708. The fourth-order valence-corrected chi connectivity index (χ4v) is 3.29. The Morgan fingerprint density at radius 3 is 2.58 bits per heavy atom. The van der Waals surface area contributed by atoms with Crippen molar-refractivity contribution in [1.29, 1.82) is 0 Å². The topological polar surface area (TPSA) is 33.1 Å². The zero-order chi connectivity index (χ0) is 14.1. The predicted octanol–water partition coefficient (Wildman–Crippen LogP) is 4.20. The van der Waals surface area contributed by atoms with Crippen LogP contribution in [0.25, 0.3) is 0 Å². The second kappa shape index (κ2) is 5.24. The molecule has 1 fully saturated rings. The number of aromatic nitrogens is 1. The lowest BCUT2D eigenvalue weighted by atomic mass is 9.76. The van der Waals surface area contributed by atoms with Crippen molar-refractivity contribution < 1.29 is 5.11 Å². The molecular weight excluding hydrogens is 234 g/mol. The van der Waals surface area contributed by atoms with E-state index in [1.54, 1.807) is 0 Å². The van der Waals surface area contributed by atoms with Crippen molar-refractivity contribution in [2.75, 3.05) is 0 Å². The highest BCUT2D eigenvalue weighted by Gasteiger charge is 2.36. The van der Waals surface area contributed by atoms with E-state index in [9.17, 15) is 5.11 Å². The molecule has 2 atom stereocenters. The Morgan fingerprint density at radius 1 is 1.21 bits per heavy atom. The molecule has 2 unspecified atom stereocenters. The Morgan fingerprint density at radius 2 is 1.95 bits per heavy atom. The molecule has 1 aromatic rings. The number of rotatable bonds is 1. The van der Waals surface area contributed by atoms with Crippen LogP contribution in [0.15, 0.2) is 18.5 Å². The van der Waals surface area contributed by atoms with E-state index >= 15 is 0 Å². The summed E-state index contributed by atoms with van der Waals surface area (Å²) in [5, 5.41) is 11.0. The van der Waals surface area contributed by atoms with Crippen molar-refractivity contribution in [3.8, 4) is 0 Å². The maximum atomic E-state index is 11.0. The number of nitrogens with zero attached hydrogens (tertiary/aromatic N) is 1. The van der Waals surface area contributed by atoms with E-state index in [0.29, 0.717) is 11.3 Å². The summed E-state index contributed by atoms with van der Waals surface area (Å²) in [6, 6.07) is 2.09. The fraction of sp³-hybridized carbons (Fsp3) is 0.706. The Balaban J connectivity index is 2.18. The van der Waals surface area contributed by atoms with E-state index in [1.807, 2.05) is 19.3 Å². The molecule has 0 aromatic carbocycles. The summed E-state index contributed by atoms with van der Waals surface area (Å²) in [4.78, 5) is 4.24. The van der Waals surface area contributed by atoms with Gasteiger partial charge in [0.05, 0.1) is 5.60 Å². The van der Waals surface area contributed by atoms with Gasteiger partial charge in [-0.25, -0.2) is 0 Å². The van der Waals surface area contributed by atoms with Crippen LogP contribution in [0.2, 0.25) is 0 Å². The molecule has 2 rings (SSSR count). The van der Waals surface area contributed by atoms with Gasteiger partial charge >= 0.3 is 0 Å². The molecular formula is C17H27NO. The summed E-state index contributed by atoms with van der Waals surface area (Å²) >= 11 is 0. The van der Waals surface area contributed by atoms with Crippen LogP contribution in [0.5, 0.6) is 0 Å². The Bertz CT molecular complexity index is 435. The average molecular weight is 261 g/mol. The van der Waals surface area contributed by atoms with E-state index in [-0.39, 0.29) is 0 Å². The number of hydrogen-bond acceptors (Lipinski definition) is 2. The number of hydrogen-bond donors (Lipinski definition) is 1. The molecule has 1 aromatic heterocycles. The maximum Gasteiger partial charge on any atom is 0.0911 e. The molecule has 1 heterocycles. The van der Waals surface area contributed by atoms with Crippen molar-refractivity contribution in [3.05, 3.63) is 29.6 Å². The highest BCUT2D eigenvalue weighted by molar-refractivity contribution is 5.23. The molecule has 0 saturated heterocycles. The van der Waals surface area contributed by atoms with E-state index in [0.717, 1.165) is 36.8 Å². The van der Waals surface area contributed by atoms with Crippen molar-refractivity contribution in [3.63, 3.8) is 0 Å². The standard InChI is InChI=1S/C17H27NO/c1-13-10-15(12-18-11-13)17(19)8-5-6-14(7-9-17)16(2,3)4/h10-12,14,19H,5-9H2,1-4H3. The van der Waals surface area contributed by atoms with Crippen LogP contribution < -0.4 is 0 Å². The van der Waals surface area contributed by atoms with Crippen molar-refractivity contribution in [2.24, 2.45) is 11.3 Å². The van der Waals surface area contributed by atoms with Gasteiger partial charge in [-0.2, -0.15) is 0 Å². The molecule has 2 heteroatoms. The SMILES string of the molecule is Cc1cncc(C2(O)CCCC(C(C)(C)C)CC2)c1. The van der Waals surface area contributed by atoms with Gasteiger partial charge in [-0.05, 0) is 55.9 Å². The molecule has 1 saturated carbocycles. The first-order valence-corrected chi connectivity index (χ1v) is 7.46. The van der Waals surface area contributed by atoms with Gasteiger partial charge in [-0.1, -0.05) is 26.8 Å². The van der Waals surface area contributed by atoms with Gasteiger partial charge in [0.25, 0.3) is 0 Å². The van der Waals surface area contributed by atoms with Gasteiger partial charge in [0.2, 0.25) is 0 Å². The van der Waals surface area contributed by atoms with Crippen LogP contribution in [0.1, 0.15) is 64.0 Å². The highest BCUT2D eigenvalue weighted by atomic mass is 16.3. The zero-order valence-corrected chi connectivity index (χ0v) is 12.7. The van der Waals surface area contributed by atoms with Crippen LogP contribution in [-0.4, -0.2) is 10.1 Å². The molecule has 1 aliphatic rings. The van der Waals surface area contributed by atoms with Gasteiger partial charge in [0.1, 0.15) is 0 Å². The van der Waals surface area contributed by atoms with Gasteiger partial charge in [0, 0.05) is 18.0 Å². The summed E-state index contributed by atoms with van der Waals surface area (Å²) in [6.45, 7) is 8.98. The summed E-state index contributed by atoms with van der Waals surface area (Å²) < 4.78 is 0. The Hall–Kier alpha value is -0.890. The second-order valence-electron chi connectivity index (χ2n) is 7.28. The molecule has 19 heavy (non-hydrogen) atoms. The molecule has 0 aliphatic heterocycles. The minimum absolute atomic E-state index is 0.343. The van der Waals surface area contributed by atoms with Crippen LogP contribution in [0.4, 0.5) is 0 Å². The van der Waals surface area contributed by atoms with E-state index in [4.69, 9.17) is 0 Å². The van der Waals surface area contributed by atoms with Crippen molar-refractivity contribution in [1.82, 2.24) is 4.98 Å². The first-order valence-electron chi connectivity index (χ1n) is 7.46. The number of pyridine rings is 1. The lowest BCUT2D eigenvalue weighted by Gasteiger charge is -2.31. The monoisotopic (exact) mass is 261 g/mol. The van der Waals surface area contributed by atoms with E-state index in [2.05, 4.69) is 31.8 Å². The molecule has 106 valence electrons. The molecule has 2 nitrogen and oxygen atoms in total. The fourth-order valence-electron chi connectivity index (χ4n) is 3.29. The van der Waals surface area contributed by atoms with Gasteiger partial charge in [-0.15, -0.1) is 0 Å². The summed E-state index contributed by atoms with van der Waals surface area (Å²) in [5.41, 5.74) is 1.80. The van der Waals surface area contributed by atoms with Crippen LogP contribution >= 0.6 is 0 Å². The largest absolute Gasteiger partial charge is 0.385 e. The first kappa shape index (κ1) is 14.5. The number of aliphatic hydroxyl groups is 1. The predicted molar refractivity (Wildman–Crippen MR) is 78.9 cm³/mol. The molecule has 0 spiro atoms. The van der Waals surface area contributed by atoms with Gasteiger partial charge in [0.15, 0.2) is 0 Å². The smallest absolute Gasteiger partial charge is 0.0911 e. The van der Waals surface area contributed by atoms with Crippen LogP contribution in [0.3, 0.4) is 0 Å².